The molecular weight excluding hydrogens is 239 g/mol. The van der Waals surface area contributed by atoms with Gasteiger partial charge < -0.3 is 14.8 Å². The van der Waals surface area contributed by atoms with Crippen LogP contribution >= 0.6 is 0 Å². The molecule has 2 rings (SSSR count). The van der Waals surface area contributed by atoms with Crippen LogP contribution in [0.1, 0.15) is 38.7 Å². The summed E-state index contributed by atoms with van der Waals surface area (Å²) in [6, 6.07) is 7.25. The van der Waals surface area contributed by atoms with E-state index < -0.39 is 7.12 Å². The van der Waals surface area contributed by atoms with E-state index in [-0.39, 0.29) is 0 Å². The molecular formula is C15H23BO3. The summed E-state index contributed by atoms with van der Waals surface area (Å²) in [6.07, 6.45) is 3.97. The first-order valence-corrected chi connectivity index (χ1v) is 7.11. The van der Waals surface area contributed by atoms with Gasteiger partial charge >= 0.3 is 7.12 Å². The van der Waals surface area contributed by atoms with Crippen LogP contribution in [0.3, 0.4) is 0 Å². The van der Waals surface area contributed by atoms with E-state index in [9.17, 15) is 0 Å². The molecule has 0 saturated heterocycles. The second-order valence-corrected chi connectivity index (χ2v) is 5.97. The van der Waals surface area contributed by atoms with Gasteiger partial charge in [0.25, 0.3) is 0 Å². The number of ether oxygens (including phenoxy) is 1. The fourth-order valence-corrected chi connectivity index (χ4v) is 3.01. The molecule has 19 heavy (non-hydrogen) atoms. The molecule has 3 nitrogen and oxygen atoms in total. The molecule has 0 amide bonds. The minimum Gasteiger partial charge on any atom is -0.423 e. The van der Waals surface area contributed by atoms with Gasteiger partial charge in [0.15, 0.2) is 0 Å². The van der Waals surface area contributed by atoms with E-state index in [1.165, 1.54) is 6.42 Å². The van der Waals surface area contributed by atoms with Crippen LogP contribution < -0.4 is 5.46 Å². The zero-order chi connectivity index (χ0) is 13.8. The van der Waals surface area contributed by atoms with Crippen molar-refractivity contribution in [2.24, 2.45) is 11.8 Å². The van der Waals surface area contributed by atoms with Gasteiger partial charge in [0, 0.05) is 0 Å². The van der Waals surface area contributed by atoms with Crippen LogP contribution in [0.15, 0.2) is 24.3 Å². The third-order valence-corrected chi connectivity index (χ3v) is 3.90. The van der Waals surface area contributed by atoms with E-state index in [0.29, 0.717) is 18.2 Å². The molecule has 0 heterocycles. The van der Waals surface area contributed by atoms with Gasteiger partial charge in [-0.25, -0.2) is 0 Å². The Morgan fingerprint density at radius 3 is 2.16 bits per heavy atom. The van der Waals surface area contributed by atoms with Crippen molar-refractivity contribution in [3.8, 4) is 0 Å². The average molecular weight is 262 g/mol. The fraction of sp³-hybridized carbons (Fsp3) is 0.600. The Hall–Kier alpha value is -0.835. The number of rotatable bonds is 4. The highest BCUT2D eigenvalue weighted by Gasteiger charge is 2.24. The molecule has 1 aliphatic carbocycles. The molecule has 0 radical (unpaired) electrons. The molecule has 2 atom stereocenters. The quantitative estimate of drug-likeness (QED) is 0.812. The molecule has 2 N–H and O–H groups in total. The average Bonchev–Trinajstić information content (AvgIpc) is 2.36. The Morgan fingerprint density at radius 1 is 1.05 bits per heavy atom. The summed E-state index contributed by atoms with van der Waals surface area (Å²) in [4.78, 5) is 0. The van der Waals surface area contributed by atoms with Gasteiger partial charge in [0.2, 0.25) is 0 Å². The lowest BCUT2D eigenvalue weighted by Crippen LogP contribution is -2.29. The van der Waals surface area contributed by atoms with Gasteiger partial charge in [0.1, 0.15) is 0 Å². The maximum atomic E-state index is 9.03. The summed E-state index contributed by atoms with van der Waals surface area (Å²) in [5.74, 6) is 1.50. The minimum atomic E-state index is -1.39. The van der Waals surface area contributed by atoms with E-state index in [4.69, 9.17) is 14.8 Å². The van der Waals surface area contributed by atoms with Gasteiger partial charge in [-0.15, -0.1) is 0 Å². The Balaban J connectivity index is 1.84. The monoisotopic (exact) mass is 262 g/mol. The van der Waals surface area contributed by atoms with E-state index in [2.05, 4.69) is 13.8 Å². The molecule has 104 valence electrons. The van der Waals surface area contributed by atoms with Gasteiger partial charge in [-0.05, 0) is 42.1 Å². The Labute approximate surface area is 115 Å². The lowest BCUT2D eigenvalue weighted by atomic mass is 9.80. The van der Waals surface area contributed by atoms with Crippen LogP contribution in [0, 0.1) is 11.8 Å². The zero-order valence-corrected chi connectivity index (χ0v) is 11.7. The number of hydrogen-bond donors (Lipinski definition) is 2. The highest BCUT2D eigenvalue weighted by molar-refractivity contribution is 6.58. The standard InChI is InChI=1S/C15H23BO3/c1-11-7-12(2)9-15(8-11)19-10-13-3-5-14(6-4-13)16(17)18/h3-6,11-12,15,17-18H,7-10H2,1-2H3. The molecule has 0 bridgehead atoms. The maximum Gasteiger partial charge on any atom is 0.488 e. The van der Waals surface area contributed by atoms with E-state index in [1.54, 1.807) is 12.1 Å². The third-order valence-electron chi connectivity index (χ3n) is 3.90. The molecule has 1 saturated carbocycles. The molecule has 1 aromatic carbocycles. The molecule has 0 spiro atoms. The number of benzene rings is 1. The van der Waals surface area contributed by atoms with Crippen molar-refractivity contribution >= 4 is 12.6 Å². The summed E-state index contributed by atoms with van der Waals surface area (Å²) < 4.78 is 5.99. The molecule has 1 aliphatic rings. The Bertz CT molecular complexity index is 381. The minimum absolute atomic E-state index is 0.363. The number of hydrogen-bond acceptors (Lipinski definition) is 3. The zero-order valence-electron chi connectivity index (χ0n) is 11.7. The van der Waals surface area contributed by atoms with Crippen molar-refractivity contribution < 1.29 is 14.8 Å². The second-order valence-electron chi connectivity index (χ2n) is 5.97. The predicted molar refractivity (Wildman–Crippen MR) is 77.0 cm³/mol. The van der Waals surface area contributed by atoms with Crippen LogP contribution in [0.4, 0.5) is 0 Å². The summed E-state index contributed by atoms with van der Waals surface area (Å²) in [5, 5.41) is 18.1. The van der Waals surface area contributed by atoms with Crippen molar-refractivity contribution in [3.63, 3.8) is 0 Å². The summed E-state index contributed by atoms with van der Waals surface area (Å²) in [7, 11) is -1.39. The lowest BCUT2D eigenvalue weighted by molar-refractivity contribution is -0.00915. The first-order valence-electron chi connectivity index (χ1n) is 7.11. The van der Waals surface area contributed by atoms with Gasteiger partial charge in [-0.1, -0.05) is 38.1 Å². The van der Waals surface area contributed by atoms with Crippen molar-refractivity contribution in [2.45, 2.75) is 45.8 Å². The smallest absolute Gasteiger partial charge is 0.423 e. The topological polar surface area (TPSA) is 49.7 Å². The molecule has 1 fully saturated rings. The van der Waals surface area contributed by atoms with E-state index in [0.717, 1.165) is 30.2 Å². The SMILES string of the molecule is CC1CC(C)CC(OCc2ccc(B(O)O)cc2)C1. The maximum absolute atomic E-state index is 9.03. The highest BCUT2D eigenvalue weighted by Crippen LogP contribution is 2.30. The third kappa shape index (κ3) is 4.34. The normalized spacial score (nSPS) is 27.3. The summed E-state index contributed by atoms with van der Waals surface area (Å²) in [5.41, 5.74) is 1.60. The molecule has 4 heteroatoms. The largest absolute Gasteiger partial charge is 0.488 e. The van der Waals surface area contributed by atoms with Crippen LogP contribution in [0.2, 0.25) is 0 Å². The van der Waals surface area contributed by atoms with Crippen LogP contribution in [0.25, 0.3) is 0 Å². The van der Waals surface area contributed by atoms with Gasteiger partial charge in [-0.3, -0.25) is 0 Å². The fourth-order valence-electron chi connectivity index (χ4n) is 3.01. The highest BCUT2D eigenvalue weighted by atomic mass is 16.5. The Morgan fingerprint density at radius 2 is 1.63 bits per heavy atom. The first kappa shape index (κ1) is 14.6. The van der Waals surface area contributed by atoms with E-state index >= 15 is 0 Å². The lowest BCUT2D eigenvalue weighted by Gasteiger charge is -2.31. The van der Waals surface area contributed by atoms with Crippen LogP contribution in [-0.2, 0) is 11.3 Å². The Kier molecular flexibility index (Phi) is 5.02. The summed E-state index contributed by atoms with van der Waals surface area (Å²) in [6.45, 7) is 5.19. The molecule has 0 aliphatic heterocycles. The van der Waals surface area contributed by atoms with Crippen LogP contribution in [0.5, 0.6) is 0 Å². The molecule has 0 aromatic heterocycles. The first-order chi connectivity index (χ1) is 9.04. The van der Waals surface area contributed by atoms with Crippen LogP contribution in [-0.4, -0.2) is 23.3 Å². The predicted octanol–water partition coefficient (Wildman–Crippen LogP) is 1.71. The van der Waals surface area contributed by atoms with Crippen molar-refractivity contribution in [2.75, 3.05) is 0 Å². The van der Waals surface area contributed by atoms with Crippen molar-refractivity contribution in [1.29, 1.82) is 0 Å². The van der Waals surface area contributed by atoms with E-state index in [1.807, 2.05) is 12.1 Å². The molecule has 1 aromatic rings. The van der Waals surface area contributed by atoms with Crippen molar-refractivity contribution in [1.82, 2.24) is 0 Å². The van der Waals surface area contributed by atoms with Gasteiger partial charge in [-0.2, -0.15) is 0 Å². The summed E-state index contributed by atoms with van der Waals surface area (Å²) >= 11 is 0. The van der Waals surface area contributed by atoms with Gasteiger partial charge in [0.05, 0.1) is 12.7 Å². The second kappa shape index (κ2) is 6.55. The molecule has 2 unspecified atom stereocenters. The van der Waals surface area contributed by atoms with Crippen molar-refractivity contribution in [3.05, 3.63) is 29.8 Å².